The van der Waals surface area contributed by atoms with Crippen LogP contribution in [0.25, 0.3) is 17.1 Å². The van der Waals surface area contributed by atoms with E-state index in [1.54, 1.807) is 43.7 Å². The fraction of sp³-hybridized carbons (Fsp3) is 0.259. The smallest absolute Gasteiger partial charge is 0.261 e. The summed E-state index contributed by atoms with van der Waals surface area (Å²) >= 11 is 6.49. The molecule has 0 atom stereocenters. The maximum Gasteiger partial charge on any atom is 0.261 e. The van der Waals surface area contributed by atoms with Crippen LogP contribution in [0.2, 0.25) is 5.02 Å². The fourth-order valence-electron chi connectivity index (χ4n) is 3.74. The molecule has 0 radical (unpaired) electrons. The molecule has 0 bridgehead atoms. The van der Waals surface area contributed by atoms with Crippen molar-refractivity contribution in [1.29, 1.82) is 0 Å². The Kier molecular flexibility index (Phi) is 6.74. The van der Waals surface area contributed by atoms with Gasteiger partial charge in [0.2, 0.25) is 0 Å². The minimum Gasteiger partial charge on any atom is -0.488 e. The van der Waals surface area contributed by atoms with Gasteiger partial charge in [-0.3, -0.25) is 14.3 Å². The Bertz CT molecular complexity index is 1460. The number of hydrogen-bond donors (Lipinski definition) is 1. The van der Waals surface area contributed by atoms with E-state index < -0.39 is 5.60 Å². The molecule has 180 valence electrons. The first-order valence-electron chi connectivity index (χ1n) is 11.2. The highest BCUT2D eigenvalue weighted by Gasteiger charge is 2.21. The molecule has 0 saturated heterocycles. The largest absolute Gasteiger partial charge is 0.488 e. The van der Waals surface area contributed by atoms with Gasteiger partial charge in [0.05, 0.1) is 27.7 Å². The third-order valence-corrected chi connectivity index (χ3v) is 5.90. The number of rotatable bonds is 6. The van der Waals surface area contributed by atoms with Gasteiger partial charge in [0.1, 0.15) is 18.0 Å². The lowest BCUT2D eigenvalue weighted by molar-refractivity contribution is 0.0688. The molecule has 0 saturated carbocycles. The van der Waals surface area contributed by atoms with Crippen LogP contribution in [0.4, 0.5) is 0 Å². The predicted octanol–water partition coefficient (Wildman–Crippen LogP) is 5.07. The van der Waals surface area contributed by atoms with Gasteiger partial charge in [-0.05, 0) is 52.3 Å². The molecule has 0 fully saturated rings. The van der Waals surface area contributed by atoms with Crippen molar-refractivity contribution in [2.45, 2.75) is 46.8 Å². The minimum absolute atomic E-state index is 0.233. The second-order valence-electron chi connectivity index (χ2n) is 9.04. The van der Waals surface area contributed by atoms with Crippen LogP contribution in [0.3, 0.4) is 0 Å². The Morgan fingerprint density at radius 2 is 1.83 bits per heavy atom. The highest BCUT2D eigenvalue weighted by molar-refractivity contribution is 6.32. The van der Waals surface area contributed by atoms with Gasteiger partial charge in [-0.15, -0.1) is 0 Å². The zero-order chi connectivity index (χ0) is 25.3. The molecule has 8 heteroatoms. The molecule has 1 N–H and O–H groups in total. The molecule has 4 rings (SSSR count). The Balaban J connectivity index is 1.72. The van der Waals surface area contributed by atoms with Crippen molar-refractivity contribution in [3.8, 4) is 22.8 Å². The lowest BCUT2D eigenvalue weighted by Gasteiger charge is -2.18. The normalized spacial score (nSPS) is 11.5. The zero-order valence-corrected chi connectivity index (χ0v) is 21.1. The van der Waals surface area contributed by atoms with Gasteiger partial charge >= 0.3 is 0 Å². The van der Waals surface area contributed by atoms with Crippen molar-refractivity contribution in [1.82, 2.24) is 19.5 Å². The van der Waals surface area contributed by atoms with Crippen LogP contribution < -0.4 is 10.3 Å². The Hall–Kier alpha value is -3.55. The van der Waals surface area contributed by atoms with E-state index in [0.717, 1.165) is 11.1 Å². The van der Waals surface area contributed by atoms with Gasteiger partial charge in [-0.2, -0.15) is 0 Å². The zero-order valence-electron chi connectivity index (χ0n) is 20.3. The quantitative estimate of drug-likeness (QED) is 0.405. The van der Waals surface area contributed by atoms with Crippen LogP contribution in [0.15, 0.2) is 59.7 Å². The van der Waals surface area contributed by atoms with E-state index in [0.29, 0.717) is 45.7 Å². The lowest BCUT2D eigenvalue weighted by atomic mass is 10.1. The molecule has 35 heavy (non-hydrogen) atoms. The highest BCUT2D eigenvalue weighted by Crippen LogP contribution is 2.28. The van der Waals surface area contributed by atoms with Gasteiger partial charge in [-0.1, -0.05) is 41.4 Å². The van der Waals surface area contributed by atoms with Crippen molar-refractivity contribution in [3.63, 3.8) is 0 Å². The van der Waals surface area contributed by atoms with Crippen molar-refractivity contribution >= 4 is 11.6 Å². The monoisotopic (exact) mass is 490 g/mol. The number of aromatic nitrogens is 4. The molecule has 7 nitrogen and oxygen atoms in total. The summed E-state index contributed by atoms with van der Waals surface area (Å²) in [6.07, 6.45) is 3.05. The van der Waals surface area contributed by atoms with Gasteiger partial charge in [0.15, 0.2) is 5.82 Å². The Labute approximate surface area is 209 Å². The van der Waals surface area contributed by atoms with E-state index >= 15 is 0 Å². The summed E-state index contributed by atoms with van der Waals surface area (Å²) in [5.41, 5.74) is 3.38. The number of pyridine rings is 2. The first-order valence-corrected chi connectivity index (χ1v) is 11.6. The Morgan fingerprint density at radius 3 is 2.54 bits per heavy atom. The topological polar surface area (TPSA) is 90.1 Å². The van der Waals surface area contributed by atoms with Crippen LogP contribution in [0.5, 0.6) is 5.75 Å². The maximum atomic E-state index is 13.4. The molecule has 0 amide bonds. The molecule has 4 aromatic rings. The molecule has 0 aliphatic heterocycles. The summed E-state index contributed by atoms with van der Waals surface area (Å²) in [6, 6.07) is 13.3. The molecule has 0 spiro atoms. The molecule has 0 unspecified atom stereocenters. The van der Waals surface area contributed by atoms with Gasteiger partial charge < -0.3 is 9.84 Å². The van der Waals surface area contributed by atoms with Crippen molar-refractivity contribution in [2.24, 2.45) is 0 Å². The fourth-order valence-corrected chi connectivity index (χ4v) is 3.93. The molecule has 1 aromatic carbocycles. The van der Waals surface area contributed by atoms with Gasteiger partial charge in [0, 0.05) is 24.2 Å². The number of ether oxygens (including phenoxy) is 1. The predicted molar refractivity (Wildman–Crippen MR) is 136 cm³/mol. The molecular formula is C27H27ClN4O3. The third-order valence-electron chi connectivity index (χ3n) is 5.60. The van der Waals surface area contributed by atoms with Crippen LogP contribution in [-0.2, 0) is 12.2 Å². The van der Waals surface area contributed by atoms with E-state index in [1.165, 1.54) is 6.20 Å². The number of aliphatic hydroxyl groups is 1. The molecule has 0 aliphatic carbocycles. The summed E-state index contributed by atoms with van der Waals surface area (Å²) in [5, 5.41) is 10.6. The summed E-state index contributed by atoms with van der Waals surface area (Å²) in [7, 11) is 0. The second kappa shape index (κ2) is 9.60. The third kappa shape index (κ3) is 5.26. The summed E-state index contributed by atoms with van der Waals surface area (Å²) in [5.74, 6) is 0.800. The highest BCUT2D eigenvalue weighted by atomic mass is 35.5. The van der Waals surface area contributed by atoms with E-state index in [2.05, 4.69) is 21.0 Å². The van der Waals surface area contributed by atoms with Crippen molar-refractivity contribution in [2.75, 3.05) is 0 Å². The molecular weight excluding hydrogens is 464 g/mol. The summed E-state index contributed by atoms with van der Waals surface area (Å²) < 4.78 is 7.54. The summed E-state index contributed by atoms with van der Waals surface area (Å²) in [4.78, 5) is 26.4. The number of halogens is 1. The molecule has 0 aliphatic rings. The minimum atomic E-state index is -1.20. The maximum absolute atomic E-state index is 13.4. The number of benzene rings is 1. The van der Waals surface area contributed by atoms with E-state index in [9.17, 15) is 9.90 Å². The molecule has 3 heterocycles. The van der Waals surface area contributed by atoms with Crippen LogP contribution in [0, 0.1) is 20.8 Å². The number of aryl methyl sites for hydroxylation is 2. The molecule has 3 aromatic heterocycles. The van der Waals surface area contributed by atoms with Crippen LogP contribution in [-0.4, -0.2) is 24.6 Å². The second-order valence-corrected chi connectivity index (χ2v) is 9.45. The summed E-state index contributed by atoms with van der Waals surface area (Å²) in [6.45, 7) is 9.18. The van der Waals surface area contributed by atoms with E-state index in [4.69, 9.17) is 16.3 Å². The SMILES string of the molecule is Cc1cccc(COc2cc(C)n(-c3cc(-c4ccnc(C(C)(C)O)n4)ncc3Cl)c(=O)c2C)c1. The van der Waals surface area contributed by atoms with Crippen LogP contribution >= 0.6 is 11.6 Å². The van der Waals surface area contributed by atoms with Crippen molar-refractivity contribution in [3.05, 3.63) is 98.4 Å². The average molecular weight is 491 g/mol. The standard InChI is InChI=1S/C27H27ClN4O3/c1-16-7-6-8-19(11-16)15-35-24-12-17(2)32(25(33)18(24)3)23-13-22(30-14-20(23)28)21-9-10-29-26(31-21)27(4,5)34/h6-14,34H,15H2,1-5H3. The lowest BCUT2D eigenvalue weighted by Crippen LogP contribution is -2.24. The van der Waals surface area contributed by atoms with E-state index in [-0.39, 0.29) is 11.4 Å². The van der Waals surface area contributed by atoms with Gasteiger partial charge in [0.25, 0.3) is 5.56 Å². The number of hydrogen-bond acceptors (Lipinski definition) is 6. The Morgan fingerprint density at radius 1 is 1.06 bits per heavy atom. The van der Waals surface area contributed by atoms with Crippen LogP contribution in [0.1, 0.15) is 42.1 Å². The average Bonchev–Trinajstić information content (AvgIpc) is 2.81. The first kappa shape index (κ1) is 24.6. The van der Waals surface area contributed by atoms with E-state index in [1.807, 2.05) is 38.1 Å². The van der Waals surface area contributed by atoms with Gasteiger partial charge in [-0.25, -0.2) is 9.97 Å². The number of nitrogens with zero attached hydrogens (tertiary/aromatic N) is 4. The first-order chi connectivity index (χ1) is 16.5. The van der Waals surface area contributed by atoms with Crippen molar-refractivity contribution < 1.29 is 9.84 Å².